The number of rotatable bonds is 4. The standard InChI is InChI=1S/C20H24N2O3/c1-14-9-11-22(12-10-14)20(23)8-5-16-4-7-18(25-16)17-6-3-15(21)13-19(17)24-2/h3-8,13-14H,9-12,21H2,1-2H3/b8-5+. The van der Waals surface area contributed by atoms with E-state index in [1.807, 2.05) is 23.1 Å². The van der Waals surface area contributed by atoms with Crippen LogP contribution in [0.1, 0.15) is 25.5 Å². The van der Waals surface area contributed by atoms with E-state index in [1.54, 1.807) is 31.4 Å². The Bertz CT molecular complexity index is 771. The second-order valence-corrected chi connectivity index (χ2v) is 6.50. The average molecular weight is 340 g/mol. The maximum Gasteiger partial charge on any atom is 0.246 e. The molecule has 0 radical (unpaired) electrons. The van der Waals surface area contributed by atoms with Crippen LogP contribution >= 0.6 is 0 Å². The molecule has 1 fully saturated rings. The summed E-state index contributed by atoms with van der Waals surface area (Å²) in [6.07, 6.45) is 5.44. The Kier molecular flexibility index (Phi) is 5.12. The number of likely N-dealkylation sites (tertiary alicyclic amines) is 1. The topological polar surface area (TPSA) is 68.7 Å². The molecule has 1 saturated heterocycles. The van der Waals surface area contributed by atoms with Gasteiger partial charge in [-0.25, -0.2) is 0 Å². The molecule has 1 aromatic heterocycles. The molecule has 0 aliphatic carbocycles. The highest BCUT2D eigenvalue weighted by atomic mass is 16.5. The van der Waals surface area contributed by atoms with Gasteiger partial charge in [0.2, 0.25) is 5.91 Å². The van der Waals surface area contributed by atoms with Gasteiger partial charge in [0.25, 0.3) is 0 Å². The van der Waals surface area contributed by atoms with Crippen LogP contribution in [0.15, 0.2) is 40.8 Å². The molecule has 2 heterocycles. The van der Waals surface area contributed by atoms with Gasteiger partial charge in [0.15, 0.2) is 0 Å². The molecular formula is C20H24N2O3. The number of carbonyl (C=O) groups is 1. The number of piperidine rings is 1. The Morgan fingerprint density at radius 3 is 2.76 bits per heavy atom. The molecule has 1 aliphatic rings. The van der Waals surface area contributed by atoms with E-state index < -0.39 is 0 Å². The van der Waals surface area contributed by atoms with Gasteiger partial charge in [0, 0.05) is 30.9 Å². The summed E-state index contributed by atoms with van der Waals surface area (Å²) >= 11 is 0. The molecule has 2 N–H and O–H groups in total. The molecule has 0 spiro atoms. The third kappa shape index (κ3) is 4.05. The minimum atomic E-state index is 0.0370. The Morgan fingerprint density at radius 2 is 2.04 bits per heavy atom. The van der Waals surface area contributed by atoms with E-state index in [2.05, 4.69) is 6.92 Å². The van der Waals surface area contributed by atoms with Crippen LogP contribution in [0.3, 0.4) is 0 Å². The first-order chi connectivity index (χ1) is 12.1. The van der Waals surface area contributed by atoms with Crippen molar-refractivity contribution < 1.29 is 13.9 Å². The zero-order valence-corrected chi connectivity index (χ0v) is 14.7. The number of benzene rings is 1. The van der Waals surface area contributed by atoms with Crippen LogP contribution < -0.4 is 10.5 Å². The van der Waals surface area contributed by atoms with Gasteiger partial charge in [-0.15, -0.1) is 0 Å². The number of hydrogen-bond acceptors (Lipinski definition) is 4. The lowest BCUT2D eigenvalue weighted by atomic mass is 9.99. The Balaban J connectivity index is 1.70. The number of methoxy groups -OCH3 is 1. The number of carbonyl (C=O) groups excluding carboxylic acids is 1. The molecule has 0 bridgehead atoms. The Morgan fingerprint density at radius 1 is 1.28 bits per heavy atom. The fraction of sp³-hybridized carbons (Fsp3) is 0.350. The van der Waals surface area contributed by atoms with Crippen LogP contribution in [0.5, 0.6) is 5.75 Å². The summed E-state index contributed by atoms with van der Waals surface area (Å²) in [6.45, 7) is 3.89. The van der Waals surface area contributed by atoms with Gasteiger partial charge in [0.1, 0.15) is 17.3 Å². The zero-order chi connectivity index (χ0) is 17.8. The van der Waals surface area contributed by atoms with Crippen LogP contribution in [0.4, 0.5) is 5.69 Å². The van der Waals surface area contributed by atoms with Crippen LogP contribution in [0.2, 0.25) is 0 Å². The van der Waals surface area contributed by atoms with E-state index in [-0.39, 0.29) is 5.91 Å². The average Bonchev–Trinajstić information content (AvgIpc) is 3.09. The highest BCUT2D eigenvalue weighted by molar-refractivity contribution is 5.91. The predicted molar refractivity (Wildman–Crippen MR) is 99.1 cm³/mol. The predicted octanol–water partition coefficient (Wildman–Crippen LogP) is 3.81. The van der Waals surface area contributed by atoms with Crippen molar-refractivity contribution in [1.82, 2.24) is 4.90 Å². The molecule has 5 nitrogen and oxygen atoms in total. The normalized spacial score (nSPS) is 15.7. The summed E-state index contributed by atoms with van der Waals surface area (Å²) in [5.74, 6) is 2.71. The van der Waals surface area contributed by atoms with Crippen molar-refractivity contribution in [2.75, 3.05) is 25.9 Å². The van der Waals surface area contributed by atoms with Crippen molar-refractivity contribution in [1.29, 1.82) is 0 Å². The molecular weight excluding hydrogens is 316 g/mol. The highest BCUT2D eigenvalue weighted by Gasteiger charge is 2.18. The summed E-state index contributed by atoms with van der Waals surface area (Å²) in [7, 11) is 1.60. The number of nitrogens with two attached hydrogens (primary N) is 1. The lowest BCUT2D eigenvalue weighted by Crippen LogP contribution is -2.36. The fourth-order valence-electron chi connectivity index (χ4n) is 2.99. The Labute approximate surface area is 148 Å². The van der Waals surface area contributed by atoms with Gasteiger partial charge in [-0.05, 0) is 49.1 Å². The number of anilines is 1. The lowest BCUT2D eigenvalue weighted by Gasteiger charge is -2.29. The van der Waals surface area contributed by atoms with Crippen LogP contribution in [0, 0.1) is 5.92 Å². The number of hydrogen-bond donors (Lipinski definition) is 1. The van der Waals surface area contributed by atoms with Crippen LogP contribution in [0.25, 0.3) is 17.4 Å². The fourth-order valence-corrected chi connectivity index (χ4v) is 2.99. The quantitative estimate of drug-likeness (QED) is 0.679. The monoisotopic (exact) mass is 340 g/mol. The highest BCUT2D eigenvalue weighted by Crippen LogP contribution is 2.33. The largest absolute Gasteiger partial charge is 0.496 e. The van der Waals surface area contributed by atoms with Crippen molar-refractivity contribution in [2.24, 2.45) is 5.92 Å². The van der Waals surface area contributed by atoms with Crippen molar-refractivity contribution in [3.05, 3.63) is 42.2 Å². The minimum Gasteiger partial charge on any atom is -0.496 e. The maximum absolute atomic E-state index is 12.3. The number of furan rings is 1. The van der Waals surface area contributed by atoms with Crippen molar-refractivity contribution in [3.63, 3.8) is 0 Å². The van der Waals surface area contributed by atoms with E-state index >= 15 is 0 Å². The molecule has 0 saturated carbocycles. The van der Waals surface area contributed by atoms with E-state index in [4.69, 9.17) is 14.9 Å². The third-order valence-corrected chi connectivity index (χ3v) is 4.60. The molecule has 132 valence electrons. The van der Waals surface area contributed by atoms with Gasteiger partial charge in [0.05, 0.1) is 12.7 Å². The van der Waals surface area contributed by atoms with Crippen molar-refractivity contribution in [2.45, 2.75) is 19.8 Å². The third-order valence-electron chi connectivity index (χ3n) is 4.60. The van der Waals surface area contributed by atoms with Gasteiger partial charge in [-0.1, -0.05) is 6.92 Å². The number of nitrogen functional groups attached to an aromatic ring is 1. The molecule has 1 aliphatic heterocycles. The summed E-state index contributed by atoms with van der Waals surface area (Å²) < 4.78 is 11.2. The lowest BCUT2D eigenvalue weighted by molar-refractivity contribution is -0.127. The molecule has 1 amide bonds. The van der Waals surface area contributed by atoms with Crippen molar-refractivity contribution in [3.8, 4) is 17.1 Å². The van der Waals surface area contributed by atoms with Crippen LogP contribution in [-0.4, -0.2) is 31.0 Å². The molecule has 0 atom stereocenters. The number of amides is 1. The second-order valence-electron chi connectivity index (χ2n) is 6.50. The summed E-state index contributed by atoms with van der Waals surface area (Å²) in [4.78, 5) is 14.1. The van der Waals surface area contributed by atoms with Gasteiger partial charge in [-0.2, -0.15) is 0 Å². The van der Waals surface area contributed by atoms with Gasteiger partial charge < -0.3 is 19.8 Å². The molecule has 5 heteroatoms. The van der Waals surface area contributed by atoms with E-state index in [9.17, 15) is 4.79 Å². The minimum absolute atomic E-state index is 0.0370. The van der Waals surface area contributed by atoms with Gasteiger partial charge >= 0.3 is 0 Å². The smallest absolute Gasteiger partial charge is 0.246 e. The first-order valence-corrected chi connectivity index (χ1v) is 8.57. The SMILES string of the molecule is COc1cc(N)ccc1-c1ccc(/C=C/C(=O)N2CCC(C)CC2)o1. The van der Waals surface area contributed by atoms with Crippen LogP contribution in [-0.2, 0) is 4.79 Å². The first kappa shape index (κ1) is 17.1. The summed E-state index contributed by atoms with van der Waals surface area (Å²) in [6, 6.07) is 9.12. The molecule has 1 aromatic carbocycles. The van der Waals surface area contributed by atoms with Gasteiger partial charge in [-0.3, -0.25) is 4.79 Å². The number of nitrogens with zero attached hydrogens (tertiary/aromatic N) is 1. The molecule has 0 unspecified atom stereocenters. The summed E-state index contributed by atoms with van der Waals surface area (Å²) in [5, 5.41) is 0. The first-order valence-electron chi connectivity index (χ1n) is 8.57. The second kappa shape index (κ2) is 7.47. The Hall–Kier alpha value is -2.69. The molecule has 25 heavy (non-hydrogen) atoms. The zero-order valence-electron chi connectivity index (χ0n) is 14.7. The maximum atomic E-state index is 12.3. The van der Waals surface area contributed by atoms with E-state index in [0.29, 0.717) is 28.9 Å². The molecule has 2 aromatic rings. The molecule has 3 rings (SSSR count). The number of ether oxygens (including phenoxy) is 1. The van der Waals surface area contributed by atoms with Crippen molar-refractivity contribution >= 4 is 17.7 Å². The van der Waals surface area contributed by atoms with E-state index in [0.717, 1.165) is 31.5 Å². The summed E-state index contributed by atoms with van der Waals surface area (Å²) in [5.41, 5.74) is 7.24. The van der Waals surface area contributed by atoms with E-state index in [1.165, 1.54) is 0 Å².